The summed E-state index contributed by atoms with van der Waals surface area (Å²) in [7, 11) is 3.55. The Hall–Kier alpha value is -1.75. The van der Waals surface area contributed by atoms with Crippen LogP contribution in [0.1, 0.15) is 28.8 Å². The predicted molar refractivity (Wildman–Crippen MR) is 90.2 cm³/mol. The Bertz CT molecular complexity index is 552. The van der Waals surface area contributed by atoms with E-state index in [0.29, 0.717) is 24.3 Å². The highest BCUT2D eigenvalue weighted by Gasteiger charge is 2.29. The highest BCUT2D eigenvalue weighted by atomic mass is 35.5. The number of anilines is 1. The summed E-state index contributed by atoms with van der Waals surface area (Å²) >= 11 is 0. The summed E-state index contributed by atoms with van der Waals surface area (Å²) in [6.45, 7) is 3.16. The van der Waals surface area contributed by atoms with Crippen molar-refractivity contribution in [3.8, 4) is 0 Å². The minimum atomic E-state index is 0. The number of rotatable bonds is 2. The van der Waals surface area contributed by atoms with Crippen LogP contribution in [0.15, 0.2) is 18.2 Å². The minimum absolute atomic E-state index is 0. The van der Waals surface area contributed by atoms with E-state index in [1.54, 1.807) is 31.1 Å². The van der Waals surface area contributed by atoms with Gasteiger partial charge in [-0.25, -0.2) is 0 Å². The van der Waals surface area contributed by atoms with Crippen LogP contribution in [0.25, 0.3) is 0 Å². The Kier molecular flexibility index (Phi) is 6.23. The molecule has 0 saturated carbocycles. The van der Waals surface area contributed by atoms with E-state index in [4.69, 9.17) is 5.73 Å². The molecule has 2 rings (SSSR count). The average Bonchev–Trinajstić information content (AvgIpc) is 2.48. The maximum atomic E-state index is 12.6. The summed E-state index contributed by atoms with van der Waals surface area (Å²) in [5.41, 5.74) is 7.96. The van der Waals surface area contributed by atoms with Gasteiger partial charge in [-0.15, -0.1) is 12.4 Å². The van der Waals surface area contributed by atoms with Crippen LogP contribution in [-0.2, 0) is 4.79 Å². The lowest BCUT2D eigenvalue weighted by Gasteiger charge is -2.32. The molecule has 122 valence electrons. The molecule has 1 fully saturated rings. The number of likely N-dealkylation sites (tertiary alicyclic amines) is 1. The molecule has 1 saturated heterocycles. The fourth-order valence-corrected chi connectivity index (χ4v) is 2.74. The van der Waals surface area contributed by atoms with Crippen molar-refractivity contribution in [1.29, 1.82) is 0 Å². The van der Waals surface area contributed by atoms with Crippen molar-refractivity contribution >= 4 is 29.9 Å². The lowest BCUT2D eigenvalue weighted by Crippen LogP contribution is -2.42. The van der Waals surface area contributed by atoms with Gasteiger partial charge in [-0.05, 0) is 37.5 Å². The molecule has 0 aliphatic carbocycles. The highest BCUT2D eigenvalue weighted by Crippen LogP contribution is 2.22. The van der Waals surface area contributed by atoms with Crippen molar-refractivity contribution < 1.29 is 9.59 Å². The molecule has 1 heterocycles. The quantitative estimate of drug-likeness (QED) is 0.845. The zero-order valence-corrected chi connectivity index (χ0v) is 14.2. The molecule has 1 aliphatic rings. The number of nitrogens with zero attached hydrogens (tertiary/aromatic N) is 2. The van der Waals surface area contributed by atoms with Gasteiger partial charge < -0.3 is 15.5 Å². The summed E-state index contributed by atoms with van der Waals surface area (Å²) < 4.78 is 0. The van der Waals surface area contributed by atoms with E-state index in [-0.39, 0.29) is 30.1 Å². The van der Waals surface area contributed by atoms with Gasteiger partial charge in [0.25, 0.3) is 5.91 Å². The van der Waals surface area contributed by atoms with E-state index in [0.717, 1.165) is 18.4 Å². The molecule has 0 aromatic heterocycles. The summed E-state index contributed by atoms with van der Waals surface area (Å²) in [5.74, 6) is 0.198. The number of benzene rings is 1. The van der Waals surface area contributed by atoms with E-state index >= 15 is 0 Å². The third-order valence-corrected chi connectivity index (χ3v) is 4.06. The summed E-state index contributed by atoms with van der Waals surface area (Å²) in [5, 5.41) is 0. The van der Waals surface area contributed by atoms with Gasteiger partial charge in [0.15, 0.2) is 0 Å². The molecule has 1 aromatic carbocycles. The number of amides is 2. The maximum Gasteiger partial charge on any atom is 0.254 e. The molecule has 22 heavy (non-hydrogen) atoms. The van der Waals surface area contributed by atoms with Crippen molar-refractivity contribution in [3.63, 3.8) is 0 Å². The summed E-state index contributed by atoms with van der Waals surface area (Å²) in [6, 6.07) is 5.40. The zero-order chi connectivity index (χ0) is 15.6. The molecule has 1 aromatic rings. The Labute approximate surface area is 137 Å². The topological polar surface area (TPSA) is 66.6 Å². The van der Waals surface area contributed by atoms with Crippen molar-refractivity contribution in [2.45, 2.75) is 19.8 Å². The van der Waals surface area contributed by atoms with Crippen LogP contribution >= 0.6 is 12.4 Å². The van der Waals surface area contributed by atoms with Gasteiger partial charge in [0.2, 0.25) is 5.91 Å². The second-order valence-corrected chi connectivity index (χ2v) is 5.87. The largest absolute Gasteiger partial charge is 0.399 e. The average molecular weight is 326 g/mol. The number of nitrogens with two attached hydrogens (primary N) is 1. The second kappa shape index (κ2) is 7.49. The van der Waals surface area contributed by atoms with Gasteiger partial charge in [-0.1, -0.05) is 6.07 Å². The summed E-state index contributed by atoms with van der Waals surface area (Å²) in [6.07, 6.45) is 1.45. The number of piperidine rings is 1. The number of halogens is 1. The molecular weight excluding hydrogens is 302 g/mol. The fourth-order valence-electron chi connectivity index (χ4n) is 2.74. The first-order valence-corrected chi connectivity index (χ1v) is 7.26. The Morgan fingerprint density at radius 1 is 1.23 bits per heavy atom. The first-order chi connectivity index (χ1) is 9.90. The number of hydrogen-bond acceptors (Lipinski definition) is 3. The van der Waals surface area contributed by atoms with Gasteiger partial charge in [0.1, 0.15) is 0 Å². The molecule has 1 aliphatic heterocycles. The normalized spacial score (nSPS) is 15.1. The number of carbonyl (C=O) groups excluding carboxylic acids is 2. The predicted octanol–water partition coefficient (Wildman–Crippen LogP) is 1.94. The molecule has 0 radical (unpaired) electrons. The zero-order valence-electron chi connectivity index (χ0n) is 13.3. The minimum Gasteiger partial charge on any atom is -0.399 e. The Balaban J connectivity index is 0.00000242. The Morgan fingerprint density at radius 3 is 2.36 bits per heavy atom. The first-order valence-electron chi connectivity index (χ1n) is 7.26. The number of carbonyl (C=O) groups is 2. The van der Waals surface area contributed by atoms with E-state index in [1.807, 2.05) is 17.9 Å². The van der Waals surface area contributed by atoms with Crippen LogP contribution in [0.4, 0.5) is 5.69 Å². The lowest BCUT2D eigenvalue weighted by atomic mass is 9.94. The molecule has 2 amide bonds. The molecule has 0 unspecified atom stereocenters. The third-order valence-electron chi connectivity index (χ3n) is 4.06. The second-order valence-electron chi connectivity index (χ2n) is 5.87. The molecule has 0 spiro atoms. The monoisotopic (exact) mass is 325 g/mol. The molecule has 2 N–H and O–H groups in total. The fraction of sp³-hybridized carbons (Fsp3) is 0.500. The van der Waals surface area contributed by atoms with Gasteiger partial charge in [0.05, 0.1) is 0 Å². The van der Waals surface area contributed by atoms with E-state index in [2.05, 4.69) is 0 Å². The van der Waals surface area contributed by atoms with E-state index in [9.17, 15) is 9.59 Å². The number of aryl methyl sites for hydroxylation is 1. The lowest BCUT2D eigenvalue weighted by molar-refractivity contribution is -0.134. The van der Waals surface area contributed by atoms with Crippen LogP contribution in [0.3, 0.4) is 0 Å². The van der Waals surface area contributed by atoms with Crippen molar-refractivity contribution in [2.75, 3.05) is 32.9 Å². The van der Waals surface area contributed by atoms with Gasteiger partial charge in [-0.2, -0.15) is 0 Å². The first kappa shape index (κ1) is 18.3. The van der Waals surface area contributed by atoms with E-state index in [1.165, 1.54) is 0 Å². The van der Waals surface area contributed by atoms with Gasteiger partial charge in [0, 0.05) is 44.4 Å². The van der Waals surface area contributed by atoms with Gasteiger partial charge in [-0.3, -0.25) is 9.59 Å². The van der Waals surface area contributed by atoms with Crippen LogP contribution in [0.2, 0.25) is 0 Å². The van der Waals surface area contributed by atoms with Crippen LogP contribution < -0.4 is 5.73 Å². The Morgan fingerprint density at radius 2 is 1.82 bits per heavy atom. The SMILES string of the molecule is Cc1ccc(N)cc1C(=O)N1CCC(C(=O)N(C)C)CC1.Cl. The standard InChI is InChI=1S/C16H23N3O2.ClH/c1-11-4-5-13(17)10-14(11)16(21)19-8-6-12(7-9-19)15(20)18(2)3;/h4-5,10,12H,6-9,17H2,1-3H3;1H. The van der Waals surface area contributed by atoms with Crippen LogP contribution in [-0.4, -0.2) is 48.8 Å². The third kappa shape index (κ3) is 3.91. The molecular formula is C16H24ClN3O2. The van der Waals surface area contributed by atoms with Gasteiger partial charge >= 0.3 is 0 Å². The number of nitrogen functional groups attached to an aromatic ring is 1. The number of hydrogen-bond donors (Lipinski definition) is 1. The molecule has 6 heteroatoms. The molecule has 5 nitrogen and oxygen atoms in total. The van der Waals surface area contributed by atoms with Crippen molar-refractivity contribution in [2.24, 2.45) is 5.92 Å². The van der Waals surface area contributed by atoms with Crippen molar-refractivity contribution in [1.82, 2.24) is 9.80 Å². The van der Waals surface area contributed by atoms with Crippen LogP contribution in [0, 0.1) is 12.8 Å². The smallest absolute Gasteiger partial charge is 0.254 e. The summed E-state index contributed by atoms with van der Waals surface area (Å²) in [4.78, 5) is 28.0. The van der Waals surface area contributed by atoms with Crippen molar-refractivity contribution in [3.05, 3.63) is 29.3 Å². The highest BCUT2D eigenvalue weighted by molar-refractivity contribution is 5.96. The van der Waals surface area contributed by atoms with E-state index < -0.39 is 0 Å². The van der Waals surface area contributed by atoms with Crippen LogP contribution in [0.5, 0.6) is 0 Å². The maximum absolute atomic E-state index is 12.6. The molecule has 0 atom stereocenters. The molecule has 0 bridgehead atoms.